The van der Waals surface area contributed by atoms with E-state index in [1.54, 1.807) is 4.68 Å². The van der Waals surface area contributed by atoms with Gasteiger partial charge in [0.15, 0.2) is 0 Å². The fourth-order valence-electron chi connectivity index (χ4n) is 5.69. The van der Waals surface area contributed by atoms with Crippen LogP contribution < -0.4 is 4.74 Å². The molecule has 0 bridgehead atoms. The molecular weight excluding hydrogens is 476 g/mol. The number of ether oxygens (including phenoxy) is 1. The Morgan fingerprint density at radius 2 is 1.89 bits per heavy atom. The third kappa shape index (κ3) is 5.16. The molecule has 0 fully saturated rings. The quantitative estimate of drug-likeness (QED) is 0.358. The standard InChI is InChI=1S/C31H36N4O3/c1-19-7-9-23-16-35(18-31(4,5)38-28(23)13-19)17-24-14-22(10-8-20(24)2)26(15-29(36)37)25-11-12-27-30(21(25)3)32-33-34(27)6/h7-14,26H,15-18H2,1-6H3,(H,36,37)/t26-/m0/s1. The SMILES string of the molecule is Cc1ccc2c(c1)OC(C)(C)CN(Cc1cc([C@H](CC(=O)O)c3ccc4c(nnn4C)c3C)ccc1C)C2. The lowest BCUT2D eigenvalue weighted by molar-refractivity contribution is -0.137. The van der Waals surface area contributed by atoms with Gasteiger partial charge in [0.25, 0.3) is 0 Å². The summed E-state index contributed by atoms with van der Waals surface area (Å²) in [4.78, 5) is 14.4. The summed E-state index contributed by atoms with van der Waals surface area (Å²) in [5.41, 5.74) is 9.13. The van der Waals surface area contributed by atoms with Gasteiger partial charge >= 0.3 is 5.97 Å². The molecule has 0 radical (unpaired) electrons. The molecule has 1 atom stereocenters. The molecule has 0 amide bonds. The molecule has 1 aliphatic rings. The Kier molecular flexibility index (Phi) is 6.73. The van der Waals surface area contributed by atoms with Gasteiger partial charge in [0.1, 0.15) is 16.9 Å². The summed E-state index contributed by atoms with van der Waals surface area (Å²) < 4.78 is 8.16. The van der Waals surface area contributed by atoms with Crippen LogP contribution in [-0.4, -0.2) is 43.1 Å². The van der Waals surface area contributed by atoms with Crippen molar-refractivity contribution in [2.24, 2.45) is 7.05 Å². The van der Waals surface area contributed by atoms with E-state index in [1.165, 1.54) is 22.3 Å². The van der Waals surface area contributed by atoms with Crippen LogP contribution in [0, 0.1) is 20.8 Å². The van der Waals surface area contributed by atoms with Crippen LogP contribution in [0.2, 0.25) is 0 Å². The van der Waals surface area contributed by atoms with Gasteiger partial charge in [0.2, 0.25) is 0 Å². The van der Waals surface area contributed by atoms with Crippen molar-refractivity contribution in [1.29, 1.82) is 0 Å². The minimum absolute atomic E-state index is 0.00637. The van der Waals surface area contributed by atoms with Crippen LogP contribution in [0.1, 0.15) is 65.1 Å². The molecular formula is C31H36N4O3. The average Bonchev–Trinajstić information content (AvgIpc) is 3.16. The van der Waals surface area contributed by atoms with Gasteiger partial charge in [-0.1, -0.05) is 41.6 Å². The second-order valence-electron chi connectivity index (χ2n) is 11.3. The van der Waals surface area contributed by atoms with E-state index in [1.807, 2.05) is 26.1 Å². The summed E-state index contributed by atoms with van der Waals surface area (Å²) in [5.74, 6) is -0.153. The van der Waals surface area contributed by atoms with Gasteiger partial charge in [-0.05, 0) is 80.1 Å². The molecule has 3 aromatic carbocycles. The lowest BCUT2D eigenvalue weighted by Crippen LogP contribution is -2.40. The Hall–Kier alpha value is -3.71. The lowest BCUT2D eigenvalue weighted by Gasteiger charge is -2.30. The minimum Gasteiger partial charge on any atom is -0.486 e. The second kappa shape index (κ2) is 9.87. The van der Waals surface area contributed by atoms with Crippen molar-refractivity contribution in [2.75, 3.05) is 6.54 Å². The first-order chi connectivity index (χ1) is 18.0. The minimum atomic E-state index is -0.825. The highest BCUT2D eigenvalue weighted by molar-refractivity contribution is 5.80. The van der Waals surface area contributed by atoms with Gasteiger partial charge in [0, 0.05) is 38.2 Å². The number of hydrogen-bond donors (Lipinski definition) is 1. The fourth-order valence-corrected chi connectivity index (χ4v) is 5.69. The van der Waals surface area contributed by atoms with Gasteiger partial charge in [0.05, 0.1) is 11.9 Å². The van der Waals surface area contributed by atoms with E-state index in [-0.39, 0.29) is 17.9 Å². The number of benzene rings is 3. The summed E-state index contributed by atoms with van der Waals surface area (Å²) >= 11 is 0. The molecule has 0 saturated carbocycles. The molecule has 4 aromatic rings. The molecule has 1 N–H and O–H groups in total. The van der Waals surface area contributed by atoms with Crippen LogP contribution in [0.4, 0.5) is 0 Å². The molecule has 1 aliphatic heterocycles. The highest BCUT2D eigenvalue weighted by atomic mass is 16.5. The molecule has 38 heavy (non-hydrogen) atoms. The smallest absolute Gasteiger partial charge is 0.304 e. The van der Waals surface area contributed by atoms with Crippen LogP contribution >= 0.6 is 0 Å². The Labute approximate surface area is 224 Å². The number of aliphatic carboxylic acids is 1. The fraction of sp³-hybridized carbons (Fsp3) is 0.387. The third-order valence-corrected chi connectivity index (χ3v) is 7.61. The van der Waals surface area contributed by atoms with E-state index in [4.69, 9.17) is 4.74 Å². The molecule has 0 spiro atoms. The summed E-state index contributed by atoms with van der Waals surface area (Å²) in [6.45, 7) is 12.8. The van der Waals surface area contributed by atoms with E-state index in [9.17, 15) is 9.90 Å². The molecule has 7 nitrogen and oxygen atoms in total. The van der Waals surface area contributed by atoms with Crippen molar-refractivity contribution in [3.63, 3.8) is 0 Å². The van der Waals surface area contributed by atoms with Crippen molar-refractivity contribution in [3.05, 3.63) is 87.5 Å². The number of aryl methyl sites for hydroxylation is 4. The molecule has 0 unspecified atom stereocenters. The normalized spacial score (nSPS) is 16.1. The zero-order valence-electron chi connectivity index (χ0n) is 23.1. The number of nitrogens with zero attached hydrogens (tertiary/aromatic N) is 4. The van der Waals surface area contributed by atoms with Gasteiger partial charge in [-0.3, -0.25) is 9.69 Å². The Morgan fingerprint density at radius 1 is 1.11 bits per heavy atom. The van der Waals surface area contributed by atoms with Gasteiger partial charge in [-0.25, -0.2) is 4.68 Å². The average molecular weight is 513 g/mol. The van der Waals surface area contributed by atoms with Crippen molar-refractivity contribution in [1.82, 2.24) is 19.9 Å². The molecule has 198 valence electrons. The molecule has 0 saturated heterocycles. The first-order valence-corrected chi connectivity index (χ1v) is 13.1. The third-order valence-electron chi connectivity index (χ3n) is 7.61. The van der Waals surface area contributed by atoms with Crippen molar-refractivity contribution < 1.29 is 14.6 Å². The molecule has 2 heterocycles. The predicted octanol–water partition coefficient (Wildman–Crippen LogP) is 5.67. The number of carboxylic acids is 1. The molecule has 5 rings (SSSR count). The van der Waals surface area contributed by atoms with Crippen LogP contribution in [0.25, 0.3) is 11.0 Å². The summed E-state index contributed by atoms with van der Waals surface area (Å²) in [7, 11) is 1.87. The van der Waals surface area contributed by atoms with E-state index in [0.717, 1.165) is 53.1 Å². The van der Waals surface area contributed by atoms with Crippen LogP contribution in [0.3, 0.4) is 0 Å². The monoisotopic (exact) mass is 512 g/mol. The summed E-state index contributed by atoms with van der Waals surface area (Å²) in [6.07, 6.45) is 0.00637. The Balaban J connectivity index is 1.50. The van der Waals surface area contributed by atoms with E-state index < -0.39 is 5.97 Å². The molecule has 7 heteroatoms. The van der Waals surface area contributed by atoms with Gasteiger partial charge in [-0.2, -0.15) is 0 Å². The zero-order chi connectivity index (χ0) is 27.2. The van der Waals surface area contributed by atoms with Crippen molar-refractivity contribution in [3.8, 4) is 5.75 Å². The van der Waals surface area contributed by atoms with E-state index in [2.05, 4.69) is 79.3 Å². The number of rotatable bonds is 6. The predicted molar refractivity (Wildman–Crippen MR) is 149 cm³/mol. The molecule has 0 aliphatic carbocycles. The molecule has 1 aromatic heterocycles. The lowest BCUT2D eigenvalue weighted by atomic mass is 9.84. The summed E-state index contributed by atoms with van der Waals surface area (Å²) in [6, 6.07) is 16.8. The summed E-state index contributed by atoms with van der Waals surface area (Å²) in [5, 5.41) is 18.3. The maximum atomic E-state index is 12.0. The number of hydrogen-bond acceptors (Lipinski definition) is 5. The van der Waals surface area contributed by atoms with Crippen molar-refractivity contribution >= 4 is 17.0 Å². The van der Waals surface area contributed by atoms with Crippen LogP contribution in [0.5, 0.6) is 5.75 Å². The van der Waals surface area contributed by atoms with Crippen LogP contribution in [-0.2, 0) is 24.9 Å². The van der Waals surface area contributed by atoms with Gasteiger partial charge < -0.3 is 9.84 Å². The number of fused-ring (bicyclic) bond motifs is 2. The maximum Gasteiger partial charge on any atom is 0.304 e. The zero-order valence-corrected chi connectivity index (χ0v) is 23.1. The Bertz CT molecular complexity index is 1520. The number of aromatic nitrogens is 3. The number of carboxylic acid groups (broad SMARTS) is 1. The van der Waals surface area contributed by atoms with Gasteiger partial charge in [-0.15, -0.1) is 5.10 Å². The van der Waals surface area contributed by atoms with Crippen molar-refractivity contribution in [2.45, 2.75) is 65.6 Å². The largest absolute Gasteiger partial charge is 0.486 e. The van der Waals surface area contributed by atoms with Crippen LogP contribution in [0.15, 0.2) is 48.5 Å². The highest BCUT2D eigenvalue weighted by Gasteiger charge is 2.30. The number of carbonyl (C=O) groups is 1. The Morgan fingerprint density at radius 3 is 2.66 bits per heavy atom. The van der Waals surface area contributed by atoms with E-state index >= 15 is 0 Å². The highest BCUT2D eigenvalue weighted by Crippen LogP contribution is 2.35. The first kappa shape index (κ1) is 25.9. The second-order valence-corrected chi connectivity index (χ2v) is 11.3. The van der Waals surface area contributed by atoms with E-state index in [0.29, 0.717) is 0 Å². The topological polar surface area (TPSA) is 80.5 Å². The maximum absolute atomic E-state index is 12.0. The first-order valence-electron chi connectivity index (χ1n) is 13.1.